The SMILES string of the molecule is Cc1cc(C)c(C)c(OCCC(=O)N2CCCC(N(C)CC(=O)O)CC2)c1. The van der Waals surface area contributed by atoms with Crippen molar-refractivity contribution in [2.75, 3.05) is 33.3 Å². The molecule has 1 aromatic carbocycles. The molecular formula is C21H32N2O4. The number of amides is 1. The maximum Gasteiger partial charge on any atom is 0.317 e. The van der Waals surface area contributed by atoms with Gasteiger partial charge in [-0.3, -0.25) is 14.5 Å². The van der Waals surface area contributed by atoms with Gasteiger partial charge in [0.1, 0.15) is 5.75 Å². The Morgan fingerprint density at radius 2 is 1.96 bits per heavy atom. The molecule has 0 aliphatic carbocycles. The number of carboxylic acids is 1. The maximum absolute atomic E-state index is 12.6. The first-order valence-electron chi connectivity index (χ1n) is 9.68. The number of carbonyl (C=O) groups is 2. The predicted molar refractivity (Wildman–Crippen MR) is 105 cm³/mol. The third-order valence-corrected chi connectivity index (χ3v) is 5.40. The lowest BCUT2D eigenvalue weighted by Gasteiger charge is -2.25. The van der Waals surface area contributed by atoms with E-state index in [0.717, 1.165) is 42.7 Å². The zero-order valence-corrected chi connectivity index (χ0v) is 17.0. The largest absolute Gasteiger partial charge is 0.493 e. The van der Waals surface area contributed by atoms with E-state index in [1.165, 1.54) is 5.56 Å². The van der Waals surface area contributed by atoms with E-state index >= 15 is 0 Å². The van der Waals surface area contributed by atoms with Crippen molar-refractivity contribution < 1.29 is 19.4 Å². The van der Waals surface area contributed by atoms with E-state index in [0.29, 0.717) is 19.6 Å². The second-order valence-electron chi connectivity index (χ2n) is 7.58. The Kier molecular flexibility index (Phi) is 7.66. The topological polar surface area (TPSA) is 70.1 Å². The summed E-state index contributed by atoms with van der Waals surface area (Å²) in [6, 6.07) is 4.36. The van der Waals surface area contributed by atoms with Gasteiger partial charge < -0.3 is 14.7 Å². The molecule has 1 unspecified atom stereocenters. The molecule has 0 spiro atoms. The number of ether oxygens (including phenoxy) is 1. The van der Waals surface area contributed by atoms with Crippen molar-refractivity contribution in [1.29, 1.82) is 0 Å². The Bertz CT molecular complexity index is 674. The van der Waals surface area contributed by atoms with Gasteiger partial charge in [-0.2, -0.15) is 0 Å². The number of likely N-dealkylation sites (N-methyl/N-ethyl adjacent to an activating group) is 1. The molecule has 1 fully saturated rings. The fourth-order valence-electron chi connectivity index (χ4n) is 3.67. The van der Waals surface area contributed by atoms with Crippen molar-refractivity contribution in [2.24, 2.45) is 0 Å². The van der Waals surface area contributed by atoms with Crippen LogP contribution in [0.3, 0.4) is 0 Å². The van der Waals surface area contributed by atoms with Gasteiger partial charge >= 0.3 is 5.97 Å². The van der Waals surface area contributed by atoms with E-state index < -0.39 is 5.97 Å². The average molecular weight is 376 g/mol. The normalized spacial score (nSPS) is 17.7. The van der Waals surface area contributed by atoms with E-state index in [1.54, 1.807) is 0 Å². The highest BCUT2D eigenvalue weighted by atomic mass is 16.5. The summed E-state index contributed by atoms with van der Waals surface area (Å²) in [5.74, 6) is 0.151. The summed E-state index contributed by atoms with van der Waals surface area (Å²) >= 11 is 0. The van der Waals surface area contributed by atoms with Gasteiger partial charge in [0.05, 0.1) is 19.6 Å². The van der Waals surface area contributed by atoms with Crippen molar-refractivity contribution in [1.82, 2.24) is 9.80 Å². The Morgan fingerprint density at radius 3 is 2.67 bits per heavy atom. The molecule has 0 bridgehead atoms. The first-order valence-corrected chi connectivity index (χ1v) is 9.68. The molecule has 6 heteroatoms. The third kappa shape index (κ3) is 6.24. The molecule has 1 aromatic rings. The Balaban J connectivity index is 1.82. The monoisotopic (exact) mass is 376 g/mol. The van der Waals surface area contributed by atoms with Gasteiger partial charge in [0, 0.05) is 19.1 Å². The second-order valence-corrected chi connectivity index (χ2v) is 7.58. The van der Waals surface area contributed by atoms with Crippen molar-refractivity contribution >= 4 is 11.9 Å². The lowest BCUT2D eigenvalue weighted by molar-refractivity contribution is -0.138. The van der Waals surface area contributed by atoms with Crippen LogP contribution in [0.1, 0.15) is 42.4 Å². The number of aliphatic carboxylic acids is 1. The number of aryl methyl sites for hydroxylation is 2. The van der Waals surface area contributed by atoms with Gasteiger partial charge in [-0.1, -0.05) is 6.07 Å². The number of rotatable bonds is 7. The molecule has 1 heterocycles. The Labute approximate surface area is 162 Å². The zero-order chi connectivity index (χ0) is 20.0. The molecule has 0 aromatic heterocycles. The molecule has 2 rings (SSSR count). The highest BCUT2D eigenvalue weighted by Gasteiger charge is 2.23. The Hall–Kier alpha value is -2.08. The maximum atomic E-state index is 12.6. The summed E-state index contributed by atoms with van der Waals surface area (Å²) in [7, 11) is 1.84. The van der Waals surface area contributed by atoms with Crippen molar-refractivity contribution in [3.63, 3.8) is 0 Å². The van der Waals surface area contributed by atoms with E-state index in [-0.39, 0.29) is 18.5 Å². The molecule has 0 saturated carbocycles. The number of carboxylic acid groups (broad SMARTS) is 1. The number of likely N-dealkylation sites (tertiary alicyclic amines) is 1. The van der Waals surface area contributed by atoms with Crippen LogP contribution in [-0.2, 0) is 9.59 Å². The molecule has 1 N–H and O–H groups in total. The van der Waals surface area contributed by atoms with Gasteiger partial charge in [0.15, 0.2) is 0 Å². The predicted octanol–water partition coefficient (Wildman–Crippen LogP) is 2.78. The van der Waals surface area contributed by atoms with Crippen LogP contribution in [0.15, 0.2) is 12.1 Å². The summed E-state index contributed by atoms with van der Waals surface area (Å²) in [4.78, 5) is 27.2. The van der Waals surface area contributed by atoms with Crippen LogP contribution in [0.5, 0.6) is 5.75 Å². The number of benzene rings is 1. The molecule has 1 aliphatic heterocycles. The van der Waals surface area contributed by atoms with Crippen molar-refractivity contribution in [3.05, 3.63) is 28.8 Å². The second kappa shape index (κ2) is 9.74. The number of hydrogen-bond donors (Lipinski definition) is 1. The first-order chi connectivity index (χ1) is 12.8. The van der Waals surface area contributed by atoms with E-state index in [9.17, 15) is 9.59 Å². The molecule has 1 atom stereocenters. The number of nitrogens with zero attached hydrogens (tertiary/aromatic N) is 2. The van der Waals surface area contributed by atoms with Crippen LogP contribution in [0.2, 0.25) is 0 Å². The van der Waals surface area contributed by atoms with Gasteiger partial charge in [-0.15, -0.1) is 0 Å². The van der Waals surface area contributed by atoms with E-state index in [4.69, 9.17) is 9.84 Å². The molecule has 27 heavy (non-hydrogen) atoms. The van der Waals surface area contributed by atoms with Crippen molar-refractivity contribution in [3.8, 4) is 5.75 Å². The highest BCUT2D eigenvalue weighted by molar-refractivity contribution is 5.76. The zero-order valence-electron chi connectivity index (χ0n) is 17.0. The fraction of sp³-hybridized carbons (Fsp3) is 0.619. The van der Waals surface area contributed by atoms with E-state index in [2.05, 4.69) is 13.0 Å². The molecule has 1 amide bonds. The van der Waals surface area contributed by atoms with Gasteiger partial charge in [0.25, 0.3) is 0 Å². The smallest absolute Gasteiger partial charge is 0.317 e. The number of carbonyl (C=O) groups excluding carboxylic acids is 1. The molecule has 1 saturated heterocycles. The lowest BCUT2D eigenvalue weighted by atomic mass is 10.1. The van der Waals surface area contributed by atoms with Crippen LogP contribution in [-0.4, -0.2) is 66.1 Å². The standard InChI is InChI=1S/C21H32N2O4/c1-15-12-16(2)17(3)19(13-15)27-11-8-20(24)23-9-5-6-18(7-10-23)22(4)14-21(25)26/h12-13,18H,5-11,14H2,1-4H3,(H,25,26). The molecule has 0 radical (unpaired) electrons. The van der Waals surface area contributed by atoms with Gasteiger partial charge in [-0.05, 0) is 69.8 Å². The average Bonchev–Trinajstić information content (AvgIpc) is 2.84. The fourth-order valence-corrected chi connectivity index (χ4v) is 3.67. The summed E-state index contributed by atoms with van der Waals surface area (Å²) < 4.78 is 5.87. The Morgan fingerprint density at radius 1 is 1.22 bits per heavy atom. The van der Waals surface area contributed by atoms with Crippen LogP contribution >= 0.6 is 0 Å². The summed E-state index contributed by atoms with van der Waals surface area (Å²) in [5.41, 5.74) is 3.47. The lowest BCUT2D eigenvalue weighted by Crippen LogP contribution is -2.37. The van der Waals surface area contributed by atoms with Crippen LogP contribution in [0, 0.1) is 20.8 Å². The minimum Gasteiger partial charge on any atom is -0.493 e. The summed E-state index contributed by atoms with van der Waals surface area (Å²) in [6.07, 6.45) is 3.00. The van der Waals surface area contributed by atoms with Crippen LogP contribution in [0.4, 0.5) is 0 Å². The quantitative estimate of drug-likeness (QED) is 0.792. The minimum absolute atomic E-state index is 0.0434. The van der Waals surface area contributed by atoms with Crippen LogP contribution in [0.25, 0.3) is 0 Å². The van der Waals surface area contributed by atoms with E-state index in [1.807, 2.05) is 36.8 Å². The molecular weight excluding hydrogens is 344 g/mol. The van der Waals surface area contributed by atoms with Crippen molar-refractivity contribution in [2.45, 2.75) is 52.5 Å². The van der Waals surface area contributed by atoms with Crippen LogP contribution < -0.4 is 4.74 Å². The molecule has 6 nitrogen and oxygen atoms in total. The molecule has 150 valence electrons. The third-order valence-electron chi connectivity index (χ3n) is 5.40. The van der Waals surface area contributed by atoms with Gasteiger partial charge in [-0.25, -0.2) is 0 Å². The summed E-state index contributed by atoms with van der Waals surface area (Å²) in [6.45, 7) is 7.97. The minimum atomic E-state index is -0.812. The highest BCUT2D eigenvalue weighted by Crippen LogP contribution is 2.23. The number of hydrogen-bond acceptors (Lipinski definition) is 4. The molecule has 1 aliphatic rings. The van der Waals surface area contributed by atoms with Gasteiger partial charge in [0.2, 0.25) is 5.91 Å². The summed E-state index contributed by atoms with van der Waals surface area (Å²) in [5, 5.41) is 8.95. The first kappa shape index (κ1) is 21.2.